The predicted molar refractivity (Wildman–Crippen MR) is 120 cm³/mol. The molecule has 5 nitrogen and oxygen atoms in total. The van der Waals surface area contributed by atoms with Crippen LogP contribution in [0.5, 0.6) is 5.75 Å². The van der Waals surface area contributed by atoms with Crippen molar-refractivity contribution in [3.63, 3.8) is 0 Å². The van der Waals surface area contributed by atoms with Crippen molar-refractivity contribution in [1.82, 2.24) is 4.98 Å². The average molecular weight is 410 g/mol. The fourth-order valence-electron chi connectivity index (χ4n) is 3.84. The summed E-state index contributed by atoms with van der Waals surface area (Å²) in [5.74, 6) is 1.41. The highest BCUT2D eigenvalue weighted by molar-refractivity contribution is 7.22. The Balaban J connectivity index is 1.40. The number of nitrogens with zero attached hydrogens (tertiary/aromatic N) is 2. The van der Waals surface area contributed by atoms with Crippen LogP contribution in [0, 0.1) is 5.92 Å². The van der Waals surface area contributed by atoms with Crippen LogP contribution < -0.4 is 15.0 Å². The number of thiazole rings is 1. The van der Waals surface area contributed by atoms with Gasteiger partial charge in [0.15, 0.2) is 5.13 Å². The van der Waals surface area contributed by atoms with Crippen LogP contribution in [0.4, 0.5) is 10.8 Å². The first-order valence-electron chi connectivity index (χ1n) is 10.1. The largest absolute Gasteiger partial charge is 0.497 e. The van der Waals surface area contributed by atoms with Gasteiger partial charge in [0.25, 0.3) is 0 Å². The minimum atomic E-state index is 0.0425. The van der Waals surface area contributed by atoms with Crippen LogP contribution in [0.2, 0.25) is 0 Å². The van der Waals surface area contributed by atoms with Crippen molar-refractivity contribution in [1.29, 1.82) is 0 Å². The van der Waals surface area contributed by atoms with Crippen LogP contribution in [0.15, 0.2) is 42.5 Å². The van der Waals surface area contributed by atoms with E-state index in [2.05, 4.69) is 30.1 Å². The molecule has 0 radical (unpaired) electrons. The zero-order valence-electron chi connectivity index (χ0n) is 17.1. The molecule has 1 aromatic heterocycles. The zero-order valence-corrected chi connectivity index (χ0v) is 18.0. The Morgan fingerprint density at radius 1 is 1.21 bits per heavy atom. The van der Waals surface area contributed by atoms with Gasteiger partial charge in [0.1, 0.15) is 5.75 Å². The Morgan fingerprint density at radius 2 is 1.97 bits per heavy atom. The van der Waals surface area contributed by atoms with Crippen LogP contribution in [-0.4, -0.2) is 31.1 Å². The molecule has 1 fully saturated rings. The van der Waals surface area contributed by atoms with Gasteiger partial charge in [0.05, 0.1) is 17.3 Å². The number of piperidine rings is 1. The maximum atomic E-state index is 12.8. The van der Waals surface area contributed by atoms with Crippen molar-refractivity contribution in [3.8, 4) is 5.75 Å². The highest BCUT2D eigenvalue weighted by atomic mass is 32.1. The van der Waals surface area contributed by atoms with Crippen molar-refractivity contribution in [2.24, 2.45) is 5.92 Å². The smallest absolute Gasteiger partial charge is 0.227 e. The topological polar surface area (TPSA) is 54.5 Å². The standard InChI is InChI=1S/C23H27N3O2S/c1-15(2)18-6-4-5-7-19(18)24-22(27)16-10-12-26(13-11-16)23-25-20-9-8-17(28-3)14-21(20)29-23/h4-9,14-16H,10-13H2,1-3H3,(H,24,27). The van der Waals surface area contributed by atoms with Crippen LogP contribution in [0.1, 0.15) is 38.2 Å². The summed E-state index contributed by atoms with van der Waals surface area (Å²) in [7, 11) is 1.68. The molecule has 0 aliphatic carbocycles. The number of rotatable bonds is 5. The SMILES string of the molecule is COc1ccc2nc(N3CCC(C(=O)Nc4ccccc4C(C)C)CC3)sc2c1. The first kappa shape index (κ1) is 19.7. The van der Waals surface area contributed by atoms with Crippen LogP contribution in [0.25, 0.3) is 10.2 Å². The quantitative estimate of drug-likeness (QED) is 0.623. The van der Waals surface area contributed by atoms with Crippen LogP contribution in [0.3, 0.4) is 0 Å². The molecule has 1 aliphatic heterocycles. The van der Waals surface area contributed by atoms with Gasteiger partial charge in [-0.1, -0.05) is 43.4 Å². The number of anilines is 2. The average Bonchev–Trinajstić information content (AvgIpc) is 3.17. The van der Waals surface area contributed by atoms with Crippen LogP contribution >= 0.6 is 11.3 Å². The van der Waals surface area contributed by atoms with Crippen molar-refractivity contribution >= 4 is 38.3 Å². The lowest BCUT2D eigenvalue weighted by molar-refractivity contribution is -0.120. The van der Waals surface area contributed by atoms with Gasteiger partial charge < -0.3 is 15.0 Å². The Bertz CT molecular complexity index is 1010. The van der Waals surface area contributed by atoms with Crippen molar-refractivity contribution < 1.29 is 9.53 Å². The van der Waals surface area contributed by atoms with E-state index < -0.39 is 0 Å². The lowest BCUT2D eigenvalue weighted by Gasteiger charge is -2.31. The van der Waals surface area contributed by atoms with E-state index in [0.717, 1.165) is 52.7 Å². The normalized spacial score (nSPS) is 15.1. The van der Waals surface area contributed by atoms with E-state index in [1.807, 2.05) is 36.4 Å². The van der Waals surface area contributed by atoms with Gasteiger partial charge in [0, 0.05) is 24.7 Å². The van der Waals surface area contributed by atoms with E-state index >= 15 is 0 Å². The summed E-state index contributed by atoms with van der Waals surface area (Å²) in [6, 6.07) is 14.1. The zero-order chi connectivity index (χ0) is 20.4. The van der Waals surface area contributed by atoms with E-state index in [1.165, 1.54) is 5.56 Å². The summed E-state index contributed by atoms with van der Waals surface area (Å²) >= 11 is 1.68. The fourth-order valence-corrected chi connectivity index (χ4v) is 4.88. The van der Waals surface area contributed by atoms with E-state index in [1.54, 1.807) is 18.4 Å². The van der Waals surface area contributed by atoms with Gasteiger partial charge in [-0.2, -0.15) is 0 Å². The van der Waals surface area contributed by atoms with Crippen LogP contribution in [-0.2, 0) is 4.79 Å². The molecule has 0 spiro atoms. The number of carbonyl (C=O) groups excluding carboxylic acids is 1. The maximum Gasteiger partial charge on any atom is 0.227 e. The van der Waals surface area contributed by atoms with E-state index in [4.69, 9.17) is 9.72 Å². The van der Waals surface area contributed by atoms with Gasteiger partial charge in [-0.3, -0.25) is 4.79 Å². The third kappa shape index (κ3) is 4.22. The molecule has 152 valence electrons. The molecule has 0 unspecified atom stereocenters. The van der Waals surface area contributed by atoms with Gasteiger partial charge in [-0.15, -0.1) is 0 Å². The summed E-state index contributed by atoms with van der Waals surface area (Å²) in [5, 5.41) is 4.19. The molecule has 6 heteroatoms. The number of benzene rings is 2. The number of amides is 1. The maximum absolute atomic E-state index is 12.8. The number of ether oxygens (including phenoxy) is 1. The predicted octanol–water partition coefficient (Wildman–Crippen LogP) is 5.28. The summed E-state index contributed by atoms with van der Waals surface area (Å²) in [6.45, 7) is 6.00. The Labute approximate surface area is 175 Å². The van der Waals surface area contributed by atoms with E-state index in [9.17, 15) is 4.79 Å². The van der Waals surface area contributed by atoms with E-state index in [-0.39, 0.29) is 11.8 Å². The third-order valence-corrected chi connectivity index (χ3v) is 6.64. The molecular weight excluding hydrogens is 382 g/mol. The molecule has 1 saturated heterocycles. The molecule has 2 heterocycles. The summed E-state index contributed by atoms with van der Waals surface area (Å²) in [5.41, 5.74) is 3.12. The minimum absolute atomic E-state index is 0.0425. The van der Waals surface area contributed by atoms with E-state index in [0.29, 0.717) is 5.92 Å². The van der Waals surface area contributed by atoms with Crippen molar-refractivity contribution in [3.05, 3.63) is 48.0 Å². The van der Waals surface area contributed by atoms with Gasteiger partial charge in [-0.05, 0) is 48.6 Å². The van der Waals surface area contributed by atoms with Gasteiger partial charge >= 0.3 is 0 Å². The highest BCUT2D eigenvalue weighted by Gasteiger charge is 2.27. The molecular formula is C23H27N3O2S. The monoisotopic (exact) mass is 409 g/mol. The number of hydrogen-bond donors (Lipinski definition) is 1. The lowest BCUT2D eigenvalue weighted by Crippen LogP contribution is -2.38. The number of hydrogen-bond acceptors (Lipinski definition) is 5. The molecule has 4 rings (SSSR count). The highest BCUT2D eigenvalue weighted by Crippen LogP contribution is 2.34. The Hall–Kier alpha value is -2.60. The third-order valence-electron chi connectivity index (χ3n) is 5.56. The molecule has 0 saturated carbocycles. The second kappa shape index (κ2) is 8.41. The molecule has 1 amide bonds. The number of fused-ring (bicyclic) bond motifs is 1. The second-order valence-corrected chi connectivity index (χ2v) is 8.83. The number of carbonyl (C=O) groups is 1. The molecule has 2 aromatic carbocycles. The van der Waals surface area contributed by atoms with Crippen molar-refractivity contribution in [2.75, 3.05) is 30.4 Å². The van der Waals surface area contributed by atoms with Crippen molar-refractivity contribution in [2.45, 2.75) is 32.6 Å². The summed E-state index contributed by atoms with van der Waals surface area (Å²) < 4.78 is 6.44. The lowest BCUT2D eigenvalue weighted by atomic mass is 9.95. The number of para-hydroxylation sites is 1. The van der Waals surface area contributed by atoms with Gasteiger partial charge in [0.2, 0.25) is 5.91 Å². The first-order chi connectivity index (χ1) is 14.0. The Kier molecular flexibility index (Phi) is 5.72. The van der Waals surface area contributed by atoms with Gasteiger partial charge in [-0.25, -0.2) is 4.98 Å². The summed E-state index contributed by atoms with van der Waals surface area (Å²) in [4.78, 5) is 19.9. The number of methoxy groups -OCH3 is 1. The molecule has 0 atom stereocenters. The molecule has 0 bridgehead atoms. The first-order valence-corrected chi connectivity index (χ1v) is 11.0. The molecule has 1 N–H and O–H groups in total. The number of aromatic nitrogens is 1. The molecule has 29 heavy (non-hydrogen) atoms. The second-order valence-electron chi connectivity index (χ2n) is 7.82. The molecule has 3 aromatic rings. The number of nitrogens with one attached hydrogen (secondary N) is 1. The minimum Gasteiger partial charge on any atom is -0.497 e. The fraction of sp³-hybridized carbons (Fsp3) is 0.391. The summed E-state index contributed by atoms with van der Waals surface area (Å²) in [6.07, 6.45) is 1.68. The Morgan fingerprint density at radius 3 is 2.69 bits per heavy atom. The molecule has 1 aliphatic rings.